The minimum Gasteiger partial charge on any atom is -0.323 e. The van der Waals surface area contributed by atoms with Gasteiger partial charge in [0.25, 0.3) is 0 Å². The zero-order valence-corrected chi connectivity index (χ0v) is 12.3. The van der Waals surface area contributed by atoms with E-state index in [2.05, 4.69) is 18.7 Å². The number of hydrogen-bond donors (Lipinski definition) is 1. The molecule has 1 saturated heterocycles. The van der Waals surface area contributed by atoms with Gasteiger partial charge in [0.15, 0.2) is 11.6 Å². The molecule has 1 aliphatic rings. The number of rotatable bonds is 4. The van der Waals surface area contributed by atoms with Gasteiger partial charge >= 0.3 is 0 Å². The van der Waals surface area contributed by atoms with Gasteiger partial charge in [0.05, 0.1) is 0 Å². The van der Waals surface area contributed by atoms with Gasteiger partial charge in [-0.25, -0.2) is 8.78 Å². The third-order valence-corrected chi connectivity index (χ3v) is 4.40. The molecule has 0 amide bonds. The molecule has 1 aromatic rings. The van der Waals surface area contributed by atoms with Gasteiger partial charge in [-0.1, -0.05) is 19.9 Å². The van der Waals surface area contributed by atoms with E-state index in [0.29, 0.717) is 12.1 Å². The highest BCUT2D eigenvalue weighted by Crippen LogP contribution is 2.25. The zero-order chi connectivity index (χ0) is 14.7. The van der Waals surface area contributed by atoms with Crippen molar-refractivity contribution in [1.29, 1.82) is 0 Å². The lowest BCUT2D eigenvalue weighted by molar-refractivity contribution is 0.151. The normalized spacial score (nSPS) is 19.5. The van der Waals surface area contributed by atoms with Crippen LogP contribution in [0.1, 0.15) is 38.3 Å². The molecule has 0 spiro atoms. The third kappa shape index (κ3) is 3.76. The van der Waals surface area contributed by atoms with Crippen molar-refractivity contribution in [1.82, 2.24) is 4.90 Å². The van der Waals surface area contributed by atoms with E-state index < -0.39 is 11.6 Å². The molecule has 2 N–H and O–H groups in total. The predicted octanol–water partition coefficient (Wildman–Crippen LogP) is 3.33. The maximum absolute atomic E-state index is 13.2. The van der Waals surface area contributed by atoms with Gasteiger partial charge in [-0.05, 0) is 55.5 Å². The van der Waals surface area contributed by atoms with Crippen molar-refractivity contribution >= 4 is 0 Å². The molecule has 1 fully saturated rings. The van der Waals surface area contributed by atoms with Crippen LogP contribution in [0, 0.1) is 23.5 Å². The summed E-state index contributed by atoms with van der Waals surface area (Å²) in [6.07, 6.45) is 2.39. The van der Waals surface area contributed by atoms with Crippen molar-refractivity contribution < 1.29 is 8.78 Å². The van der Waals surface area contributed by atoms with Crippen LogP contribution in [0.4, 0.5) is 8.78 Å². The Labute approximate surface area is 120 Å². The van der Waals surface area contributed by atoms with Gasteiger partial charge in [-0.2, -0.15) is 0 Å². The molecule has 1 heterocycles. The summed E-state index contributed by atoms with van der Waals surface area (Å²) in [5.74, 6) is -0.113. The van der Waals surface area contributed by atoms with Crippen molar-refractivity contribution in [2.24, 2.45) is 17.6 Å². The fourth-order valence-electron chi connectivity index (χ4n) is 2.93. The minimum absolute atomic E-state index is 0.263. The SMILES string of the molecule is CC(C)C1CCN(CC(N)c2ccc(F)c(F)c2)CC1. The summed E-state index contributed by atoms with van der Waals surface area (Å²) in [5.41, 5.74) is 6.77. The Balaban J connectivity index is 1.89. The second-order valence-electron chi connectivity index (χ2n) is 6.16. The maximum atomic E-state index is 13.2. The second kappa shape index (κ2) is 6.64. The molecule has 0 radical (unpaired) electrons. The number of halogens is 2. The van der Waals surface area contributed by atoms with Crippen molar-refractivity contribution in [3.8, 4) is 0 Å². The van der Waals surface area contributed by atoms with Crippen LogP contribution < -0.4 is 5.73 Å². The van der Waals surface area contributed by atoms with Gasteiger partial charge in [-0.15, -0.1) is 0 Å². The third-order valence-electron chi connectivity index (χ3n) is 4.40. The Morgan fingerprint density at radius 3 is 2.40 bits per heavy atom. The summed E-state index contributed by atoms with van der Waals surface area (Å²) < 4.78 is 26.1. The van der Waals surface area contributed by atoms with Crippen LogP contribution in [-0.4, -0.2) is 24.5 Å². The molecule has 112 valence electrons. The number of nitrogens with zero attached hydrogens (tertiary/aromatic N) is 1. The lowest BCUT2D eigenvalue weighted by Gasteiger charge is -2.35. The summed E-state index contributed by atoms with van der Waals surface area (Å²) in [5, 5.41) is 0. The largest absolute Gasteiger partial charge is 0.323 e. The summed E-state index contributed by atoms with van der Waals surface area (Å²) in [6, 6.07) is 3.67. The first-order chi connectivity index (χ1) is 9.47. The Morgan fingerprint density at radius 2 is 1.85 bits per heavy atom. The quantitative estimate of drug-likeness (QED) is 0.918. The molecule has 2 nitrogen and oxygen atoms in total. The number of benzene rings is 1. The van der Waals surface area contributed by atoms with E-state index in [1.807, 2.05) is 0 Å². The van der Waals surface area contributed by atoms with E-state index in [0.717, 1.165) is 31.0 Å². The molecule has 2 rings (SSSR count). The Hall–Kier alpha value is -1.00. The zero-order valence-electron chi connectivity index (χ0n) is 12.3. The van der Waals surface area contributed by atoms with E-state index in [4.69, 9.17) is 5.73 Å². The molecule has 0 bridgehead atoms. The summed E-state index contributed by atoms with van der Waals surface area (Å²) >= 11 is 0. The molecule has 1 atom stereocenters. The summed E-state index contributed by atoms with van der Waals surface area (Å²) in [6.45, 7) is 7.33. The van der Waals surface area contributed by atoms with Crippen molar-refractivity contribution in [2.75, 3.05) is 19.6 Å². The van der Waals surface area contributed by atoms with Crippen LogP contribution in [0.15, 0.2) is 18.2 Å². The van der Waals surface area contributed by atoms with Gasteiger partial charge in [-0.3, -0.25) is 0 Å². The average molecular weight is 282 g/mol. The summed E-state index contributed by atoms with van der Waals surface area (Å²) in [4.78, 5) is 2.32. The number of nitrogens with two attached hydrogens (primary N) is 1. The summed E-state index contributed by atoms with van der Waals surface area (Å²) in [7, 11) is 0. The molecule has 1 aromatic carbocycles. The lowest BCUT2D eigenvalue weighted by Crippen LogP contribution is -2.39. The maximum Gasteiger partial charge on any atom is 0.159 e. The molecule has 0 aromatic heterocycles. The van der Waals surface area contributed by atoms with Crippen LogP contribution in [0.25, 0.3) is 0 Å². The van der Waals surface area contributed by atoms with Crippen molar-refractivity contribution in [3.05, 3.63) is 35.4 Å². The van der Waals surface area contributed by atoms with E-state index >= 15 is 0 Å². The topological polar surface area (TPSA) is 29.3 Å². The molecule has 0 saturated carbocycles. The fourth-order valence-corrected chi connectivity index (χ4v) is 2.93. The highest BCUT2D eigenvalue weighted by atomic mass is 19.2. The van der Waals surface area contributed by atoms with Crippen LogP contribution >= 0.6 is 0 Å². The van der Waals surface area contributed by atoms with E-state index in [9.17, 15) is 8.78 Å². The molecular formula is C16H24F2N2. The highest BCUT2D eigenvalue weighted by Gasteiger charge is 2.23. The van der Waals surface area contributed by atoms with Crippen LogP contribution in [0.3, 0.4) is 0 Å². The van der Waals surface area contributed by atoms with E-state index in [1.165, 1.54) is 18.9 Å². The second-order valence-corrected chi connectivity index (χ2v) is 6.16. The van der Waals surface area contributed by atoms with Gasteiger partial charge in [0.2, 0.25) is 0 Å². The average Bonchev–Trinajstić information content (AvgIpc) is 2.42. The molecule has 0 aliphatic carbocycles. The monoisotopic (exact) mass is 282 g/mol. The Morgan fingerprint density at radius 1 is 1.20 bits per heavy atom. The van der Waals surface area contributed by atoms with Gasteiger partial charge < -0.3 is 10.6 Å². The first-order valence-corrected chi connectivity index (χ1v) is 7.40. The van der Waals surface area contributed by atoms with Gasteiger partial charge in [0, 0.05) is 12.6 Å². The first kappa shape index (κ1) is 15.4. The number of likely N-dealkylation sites (tertiary alicyclic amines) is 1. The molecular weight excluding hydrogens is 258 g/mol. The number of piperidine rings is 1. The Bertz CT molecular complexity index is 440. The molecule has 4 heteroatoms. The number of hydrogen-bond acceptors (Lipinski definition) is 2. The molecule has 20 heavy (non-hydrogen) atoms. The highest BCUT2D eigenvalue weighted by molar-refractivity contribution is 5.21. The van der Waals surface area contributed by atoms with E-state index in [-0.39, 0.29) is 6.04 Å². The molecule has 1 unspecified atom stereocenters. The van der Waals surface area contributed by atoms with Gasteiger partial charge in [0.1, 0.15) is 0 Å². The Kier molecular flexibility index (Phi) is 5.11. The van der Waals surface area contributed by atoms with Crippen molar-refractivity contribution in [2.45, 2.75) is 32.7 Å². The van der Waals surface area contributed by atoms with Crippen LogP contribution in [0.5, 0.6) is 0 Å². The van der Waals surface area contributed by atoms with Crippen LogP contribution in [-0.2, 0) is 0 Å². The first-order valence-electron chi connectivity index (χ1n) is 7.40. The standard InChI is InChI=1S/C16H24F2N2/c1-11(2)12-5-7-20(8-6-12)10-16(19)13-3-4-14(17)15(18)9-13/h3-4,9,11-12,16H,5-8,10,19H2,1-2H3. The minimum atomic E-state index is -0.823. The smallest absolute Gasteiger partial charge is 0.159 e. The van der Waals surface area contributed by atoms with Crippen LogP contribution in [0.2, 0.25) is 0 Å². The van der Waals surface area contributed by atoms with E-state index in [1.54, 1.807) is 6.07 Å². The lowest BCUT2D eigenvalue weighted by atomic mass is 9.86. The fraction of sp³-hybridized carbons (Fsp3) is 0.625. The molecule has 1 aliphatic heterocycles. The van der Waals surface area contributed by atoms with Crippen molar-refractivity contribution in [3.63, 3.8) is 0 Å². The predicted molar refractivity (Wildman–Crippen MR) is 77.3 cm³/mol.